The maximum absolute atomic E-state index is 12.6. The van der Waals surface area contributed by atoms with Crippen molar-refractivity contribution >= 4 is 73.5 Å². The molecule has 2 aromatic carbocycles. The van der Waals surface area contributed by atoms with Gasteiger partial charge in [0.15, 0.2) is 4.32 Å². The third-order valence-corrected chi connectivity index (χ3v) is 6.94. The molecule has 0 aliphatic carbocycles. The summed E-state index contributed by atoms with van der Waals surface area (Å²) in [7, 11) is -2.62. The van der Waals surface area contributed by atoms with Crippen LogP contribution >= 0.6 is 47.2 Å². The highest BCUT2D eigenvalue weighted by atomic mass is 35.5. The van der Waals surface area contributed by atoms with Crippen molar-refractivity contribution in [3.05, 3.63) is 63.0 Å². The number of rotatable bonds is 5. The van der Waals surface area contributed by atoms with E-state index in [2.05, 4.69) is 4.83 Å². The molecule has 6 nitrogen and oxygen atoms in total. The Bertz CT molecular complexity index is 1100. The summed E-state index contributed by atoms with van der Waals surface area (Å²) in [4.78, 5) is 15.0. The van der Waals surface area contributed by atoms with E-state index in [0.717, 1.165) is 16.8 Å². The molecule has 0 radical (unpaired) electrons. The molecule has 0 atom stereocenters. The lowest BCUT2D eigenvalue weighted by Gasteiger charge is -2.16. The molecule has 0 unspecified atom stereocenters. The highest BCUT2D eigenvalue weighted by Crippen LogP contribution is 2.33. The molecular weight excluding hydrogens is 463 g/mol. The van der Waals surface area contributed by atoms with E-state index >= 15 is 0 Å². The number of ether oxygens (including phenoxy) is 1. The number of halogens is 2. The van der Waals surface area contributed by atoms with Crippen molar-refractivity contribution in [1.29, 1.82) is 0 Å². The van der Waals surface area contributed by atoms with Gasteiger partial charge in [-0.25, -0.2) is 13.4 Å². The van der Waals surface area contributed by atoms with E-state index in [4.69, 9.17) is 40.2 Å². The van der Waals surface area contributed by atoms with E-state index in [-0.39, 0.29) is 14.1 Å². The fraction of sp³-hybridized carbons (Fsp3) is 0.0588. The van der Waals surface area contributed by atoms with Gasteiger partial charge in [0.05, 0.1) is 27.0 Å². The van der Waals surface area contributed by atoms with Gasteiger partial charge >= 0.3 is 0 Å². The lowest BCUT2D eigenvalue weighted by atomic mass is 10.2. The lowest BCUT2D eigenvalue weighted by molar-refractivity contribution is -0.123. The predicted molar refractivity (Wildman–Crippen MR) is 115 cm³/mol. The first-order valence-electron chi connectivity index (χ1n) is 7.61. The van der Waals surface area contributed by atoms with E-state index < -0.39 is 15.9 Å². The first-order valence-corrected chi connectivity index (χ1v) is 11.1. The molecule has 2 aromatic rings. The first-order chi connectivity index (χ1) is 13.2. The molecule has 1 amide bonds. The van der Waals surface area contributed by atoms with E-state index in [1.54, 1.807) is 30.3 Å². The van der Waals surface area contributed by atoms with Crippen molar-refractivity contribution in [2.45, 2.75) is 4.90 Å². The Hall–Kier alpha value is -1.62. The molecule has 1 fully saturated rings. The SMILES string of the molecule is COc1cccc(S(=O)(=O)NN2C(=O)/C(=C/c3ccc(Cl)c(Cl)c3)SC2=S)c1. The minimum Gasteiger partial charge on any atom is -0.497 e. The maximum atomic E-state index is 12.6. The summed E-state index contributed by atoms with van der Waals surface area (Å²) < 4.78 is 30.3. The molecule has 1 saturated heterocycles. The largest absolute Gasteiger partial charge is 0.497 e. The molecule has 0 saturated carbocycles. The number of carbonyl (C=O) groups excluding carboxylic acids is 1. The van der Waals surface area contributed by atoms with Gasteiger partial charge in [-0.2, -0.15) is 0 Å². The normalized spacial score (nSPS) is 16.1. The van der Waals surface area contributed by atoms with Gasteiger partial charge in [-0.05, 0) is 35.9 Å². The number of amides is 1. The van der Waals surface area contributed by atoms with Crippen molar-refractivity contribution in [3.8, 4) is 5.75 Å². The van der Waals surface area contributed by atoms with Crippen LogP contribution in [-0.2, 0) is 14.8 Å². The first kappa shape index (κ1) is 21.1. The lowest BCUT2D eigenvalue weighted by Crippen LogP contribution is -2.44. The average Bonchev–Trinajstić information content (AvgIpc) is 2.92. The summed E-state index contributed by atoms with van der Waals surface area (Å²) in [5.41, 5.74) is 0.630. The number of sulfonamides is 1. The van der Waals surface area contributed by atoms with Crippen molar-refractivity contribution < 1.29 is 17.9 Å². The zero-order chi connectivity index (χ0) is 20.5. The fourth-order valence-electron chi connectivity index (χ4n) is 2.24. The topological polar surface area (TPSA) is 75.7 Å². The second kappa shape index (κ2) is 8.40. The second-order valence-electron chi connectivity index (χ2n) is 5.46. The predicted octanol–water partition coefficient (Wildman–Crippen LogP) is 4.10. The fourth-order valence-corrected chi connectivity index (χ4v) is 4.89. The van der Waals surface area contributed by atoms with Crippen LogP contribution in [0, 0.1) is 0 Å². The molecule has 0 bridgehead atoms. The van der Waals surface area contributed by atoms with Crippen LogP contribution in [0.1, 0.15) is 5.56 Å². The summed E-state index contributed by atoms with van der Waals surface area (Å²) in [6.07, 6.45) is 1.56. The number of hydrogen-bond donors (Lipinski definition) is 1. The van der Waals surface area contributed by atoms with Gasteiger partial charge in [0.1, 0.15) is 5.75 Å². The molecular formula is C17H12Cl2N2O4S3. The number of methoxy groups -OCH3 is 1. The molecule has 1 heterocycles. The monoisotopic (exact) mass is 474 g/mol. The molecule has 146 valence electrons. The average molecular weight is 475 g/mol. The molecule has 28 heavy (non-hydrogen) atoms. The minimum absolute atomic E-state index is 0.0581. The van der Waals surface area contributed by atoms with Crippen LogP contribution in [0.25, 0.3) is 6.08 Å². The summed E-state index contributed by atoms with van der Waals surface area (Å²) in [6, 6.07) is 10.7. The number of thiocarbonyl (C=S) groups is 1. The Labute approximate surface area is 181 Å². The Morgan fingerprint density at radius 1 is 1.18 bits per heavy atom. The van der Waals surface area contributed by atoms with Gasteiger partial charge in [-0.15, -0.1) is 4.83 Å². The van der Waals surface area contributed by atoms with Gasteiger partial charge in [-0.3, -0.25) is 4.79 Å². The quantitative estimate of drug-likeness (QED) is 0.519. The smallest absolute Gasteiger partial charge is 0.281 e. The van der Waals surface area contributed by atoms with Gasteiger partial charge < -0.3 is 4.74 Å². The van der Waals surface area contributed by atoms with Crippen molar-refractivity contribution in [2.75, 3.05) is 7.11 Å². The molecule has 11 heteroatoms. The highest BCUT2D eigenvalue weighted by Gasteiger charge is 2.35. The van der Waals surface area contributed by atoms with E-state index in [1.165, 1.54) is 25.3 Å². The zero-order valence-electron chi connectivity index (χ0n) is 14.2. The summed E-state index contributed by atoms with van der Waals surface area (Å²) in [5.74, 6) is -0.222. The molecule has 3 rings (SSSR count). The number of thioether (sulfide) groups is 1. The van der Waals surface area contributed by atoms with Gasteiger partial charge in [0.25, 0.3) is 15.9 Å². The van der Waals surface area contributed by atoms with E-state index in [9.17, 15) is 13.2 Å². The Morgan fingerprint density at radius 3 is 2.61 bits per heavy atom. The number of hydrogen-bond acceptors (Lipinski definition) is 6. The molecule has 1 aliphatic rings. The third kappa shape index (κ3) is 4.51. The summed E-state index contributed by atoms with van der Waals surface area (Å²) in [5, 5.41) is 1.54. The van der Waals surface area contributed by atoms with Gasteiger partial charge in [0, 0.05) is 6.07 Å². The van der Waals surface area contributed by atoms with Crippen LogP contribution in [-0.4, -0.2) is 30.8 Å². The van der Waals surface area contributed by atoms with Crippen LogP contribution < -0.4 is 9.57 Å². The maximum Gasteiger partial charge on any atom is 0.281 e. The standard InChI is InChI=1S/C17H12Cl2N2O4S3/c1-25-11-3-2-4-12(9-11)28(23,24)20-21-16(22)15(27-17(21)26)8-10-5-6-13(18)14(19)7-10/h2-9,20H,1H3/b15-8-. The van der Waals surface area contributed by atoms with Crippen LogP contribution in [0.4, 0.5) is 0 Å². The number of hydrazine groups is 1. The van der Waals surface area contributed by atoms with Crippen LogP contribution in [0.5, 0.6) is 5.75 Å². The Morgan fingerprint density at radius 2 is 1.93 bits per heavy atom. The highest BCUT2D eigenvalue weighted by molar-refractivity contribution is 8.26. The van der Waals surface area contributed by atoms with Crippen molar-refractivity contribution in [1.82, 2.24) is 9.84 Å². The molecule has 0 spiro atoms. The van der Waals surface area contributed by atoms with Crippen LogP contribution in [0.2, 0.25) is 10.0 Å². The Kier molecular flexibility index (Phi) is 6.33. The third-order valence-electron chi connectivity index (χ3n) is 3.60. The molecule has 1 aliphatic heterocycles. The van der Waals surface area contributed by atoms with E-state index in [1.807, 2.05) is 0 Å². The summed E-state index contributed by atoms with van der Waals surface area (Å²) >= 11 is 18.0. The molecule has 0 aromatic heterocycles. The van der Waals surface area contributed by atoms with E-state index in [0.29, 0.717) is 21.4 Å². The van der Waals surface area contributed by atoms with Crippen LogP contribution in [0.15, 0.2) is 52.3 Å². The van der Waals surface area contributed by atoms with Crippen LogP contribution in [0.3, 0.4) is 0 Å². The number of nitrogens with one attached hydrogen (secondary N) is 1. The number of benzene rings is 2. The van der Waals surface area contributed by atoms with Gasteiger partial charge in [-0.1, -0.05) is 59.3 Å². The minimum atomic E-state index is -4.04. The van der Waals surface area contributed by atoms with Crippen molar-refractivity contribution in [3.63, 3.8) is 0 Å². The number of nitrogens with zero attached hydrogens (tertiary/aromatic N) is 1. The molecule has 1 N–H and O–H groups in total. The van der Waals surface area contributed by atoms with Gasteiger partial charge in [0.2, 0.25) is 0 Å². The van der Waals surface area contributed by atoms with Crippen molar-refractivity contribution in [2.24, 2.45) is 0 Å². The summed E-state index contributed by atoms with van der Waals surface area (Å²) in [6.45, 7) is 0. The number of carbonyl (C=O) groups is 1. The Balaban J connectivity index is 1.85. The second-order valence-corrected chi connectivity index (χ2v) is 9.62. The zero-order valence-corrected chi connectivity index (χ0v) is 18.1.